The number of carbonyl (C=O) groups excluding carboxylic acids is 2. The Hall–Kier alpha value is -3.26. The molecule has 35 heavy (non-hydrogen) atoms. The molecule has 8 heteroatoms. The van der Waals surface area contributed by atoms with Gasteiger partial charge in [0, 0.05) is 29.3 Å². The van der Waals surface area contributed by atoms with Crippen LogP contribution in [0.3, 0.4) is 0 Å². The Balaban J connectivity index is 1.82. The van der Waals surface area contributed by atoms with E-state index in [1.165, 1.54) is 7.11 Å². The van der Waals surface area contributed by atoms with Crippen molar-refractivity contribution in [3.63, 3.8) is 0 Å². The number of ether oxygens (including phenoxy) is 3. The molecule has 2 aromatic carbocycles. The quantitative estimate of drug-likeness (QED) is 0.491. The Bertz CT molecular complexity index is 1230. The number of nitrogens with one attached hydrogen (secondary N) is 1. The number of ketones is 1. The van der Waals surface area contributed by atoms with Crippen molar-refractivity contribution in [3.05, 3.63) is 74.5 Å². The number of carbonyl (C=O) groups is 2. The van der Waals surface area contributed by atoms with Crippen LogP contribution in [0.4, 0.5) is 0 Å². The van der Waals surface area contributed by atoms with Crippen molar-refractivity contribution < 1.29 is 28.9 Å². The third-order valence-corrected chi connectivity index (χ3v) is 7.11. The maximum absolute atomic E-state index is 13.7. The number of Topliss-reactive ketones (excluding diaryl/α,β-unsaturated/α-hetero) is 1. The SMILES string of the molecule is CCOc1cc([C@@H]2C(C(=O)OC)=C(C)NC3=C2C(=O)C[C@@H](c2ccc(OC)cc2)C3)cc(Br)c1O. The Morgan fingerprint density at radius 2 is 1.86 bits per heavy atom. The van der Waals surface area contributed by atoms with Crippen LogP contribution in [0, 0.1) is 0 Å². The van der Waals surface area contributed by atoms with Gasteiger partial charge in [0.15, 0.2) is 17.3 Å². The summed E-state index contributed by atoms with van der Waals surface area (Å²) >= 11 is 3.39. The molecule has 0 saturated heterocycles. The van der Waals surface area contributed by atoms with Crippen molar-refractivity contribution in [2.75, 3.05) is 20.8 Å². The van der Waals surface area contributed by atoms with Gasteiger partial charge in [0.1, 0.15) is 5.75 Å². The number of rotatable bonds is 6. The molecule has 1 heterocycles. The van der Waals surface area contributed by atoms with E-state index in [9.17, 15) is 14.7 Å². The molecule has 2 aliphatic rings. The number of methoxy groups -OCH3 is 2. The zero-order valence-electron chi connectivity index (χ0n) is 20.1. The lowest BCUT2D eigenvalue weighted by Gasteiger charge is -2.36. The van der Waals surface area contributed by atoms with Gasteiger partial charge in [0.25, 0.3) is 0 Å². The van der Waals surface area contributed by atoms with E-state index in [2.05, 4.69) is 21.2 Å². The number of dihydropyridines is 1. The number of hydrogen-bond acceptors (Lipinski definition) is 7. The van der Waals surface area contributed by atoms with E-state index < -0.39 is 11.9 Å². The summed E-state index contributed by atoms with van der Waals surface area (Å²) in [5.41, 5.74) is 4.03. The van der Waals surface area contributed by atoms with Gasteiger partial charge < -0.3 is 24.6 Å². The molecule has 1 aliphatic heterocycles. The third-order valence-electron chi connectivity index (χ3n) is 6.50. The molecule has 184 valence electrons. The topological polar surface area (TPSA) is 94.1 Å². The number of hydrogen-bond donors (Lipinski definition) is 2. The van der Waals surface area contributed by atoms with Crippen LogP contribution < -0.4 is 14.8 Å². The minimum atomic E-state index is -0.654. The Kier molecular flexibility index (Phi) is 7.21. The van der Waals surface area contributed by atoms with Gasteiger partial charge in [-0.25, -0.2) is 4.79 Å². The van der Waals surface area contributed by atoms with Crippen molar-refractivity contribution in [1.82, 2.24) is 5.32 Å². The molecule has 2 atom stereocenters. The Morgan fingerprint density at radius 3 is 2.49 bits per heavy atom. The molecule has 0 amide bonds. The molecule has 2 N–H and O–H groups in total. The van der Waals surface area contributed by atoms with E-state index in [1.54, 1.807) is 19.2 Å². The summed E-state index contributed by atoms with van der Waals surface area (Å²) in [6.45, 7) is 3.98. The van der Waals surface area contributed by atoms with Gasteiger partial charge >= 0.3 is 5.97 Å². The summed E-state index contributed by atoms with van der Waals surface area (Å²) in [5.74, 6) is -0.208. The molecule has 0 unspecified atom stereocenters. The van der Waals surface area contributed by atoms with E-state index in [1.807, 2.05) is 38.1 Å². The molecule has 7 nitrogen and oxygen atoms in total. The van der Waals surface area contributed by atoms with Gasteiger partial charge in [0.2, 0.25) is 0 Å². The minimum Gasteiger partial charge on any atom is -0.503 e. The summed E-state index contributed by atoms with van der Waals surface area (Å²) in [6, 6.07) is 11.2. The Labute approximate surface area is 212 Å². The highest BCUT2D eigenvalue weighted by atomic mass is 79.9. The van der Waals surface area contributed by atoms with Gasteiger partial charge in [-0.2, -0.15) is 0 Å². The van der Waals surface area contributed by atoms with Crippen LogP contribution in [0.25, 0.3) is 0 Å². The average Bonchev–Trinajstić information content (AvgIpc) is 2.85. The number of aromatic hydroxyl groups is 1. The summed E-state index contributed by atoms with van der Waals surface area (Å²) in [6.07, 6.45) is 0.932. The zero-order chi connectivity index (χ0) is 25.3. The summed E-state index contributed by atoms with van der Waals surface area (Å²) in [4.78, 5) is 26.5. The number of allylic oxidation sites excluding steroid dienone is 3. The lowest BCUT2D eigenvalue weighted by atomic mass is 9.71. The third kappa shape index (κ3) is 4.67. The van der Waals surface area contributed by atoms with Crippen LogP contribution in [0.15, 0.2) is 63.4 Å². The lowest BCUT2D eigenvalue weighted by Crippen LogP contribution is -2.36. The summed E-state index contributed by atoms with van der Waals surface area (Å²) in [5, 5.41) is 13.8. The van der Waals surface area contributed by atoms with E-state index in [0.717, 1.165) is 17.0 Å². The van der Waals surface area contributed by atoms with Crippen molar-refractivity contribution in [3.8, 4) is 17.2 Å². The number of benzene rings is 2. The second kappa shape index (κ2) is 10.2. The maximum atomic E-state index is 13.7. The monoisotopic (exact) mass is 541 g/mol. The first-order valence-electron chi connectivity index (χ1n) is 11.4. The van der Waals surface area contributed by atoms with E-state index in [4.69, 9.17) is 14.2 Å². The van der Waals surface area contributed by atoms with Crippen LogP contribution in [0.5, 0.6) is 17.2 Å². The number of phenols is 1. The standard InChI is InChI=1S/C27H28BrNO6/c1-5-35-22-13-17(10-19(28)26(22)31)24-23(27(32)34-4)14(2)29-20-11-16(12-21(30)25(20)24)15-6-8-18(33-3)9-7-15/h6-10,13,16,24,29,31H,5,11-12H2,1-4H3/t16-,24+/m0/s1. The van der Waals surface area contributed by atoms with Crippen LogP contribution in [0.2, 0.25) is 0 Å². The second-order valence-electron chi connectivity index (χ2n) is 8.56. The summed E-state index contributed by atoms with van der Waals surface area (Å²) in [7, 11) is 2.94. The molecular weight excluding hydrogens is 514 g/mol. The molecule has 2 aromatic rings. The van der Waals surface area contributed by atoms with Gasteiger partial charge in [-0.1, -0.05) is 12.1 Å². The lowest BCUT2D eigenvalue weighted by molar-refractivity contribution is -0.136. The van der Waals surface area contributed by atoms with Gasteiger partial charge in [-0.15, -0.1) is 0 Å². The molecular formula is C27H28BrNO6. The molecule has 4 rings (SSSR count). The molecule has 1 aliphatic carbocycles. The Morgan fingerprint density at radius 1 is 1.14 bits per heavy atom. The molecule has 0 radical (unpaired) electrons. The van der Waals surface area contributed by atoms with Crippen molar-refractivity contribution in [2.24, 2.45) is 0 Å². The minimum absolute atomic E-state index is 0.00155. The second-order valence-corrected chi connectivity index (χ2v) is 9.42. The van der Waals surface area contributed by atoms with Crippen molar-refractivity contribution in [1.29, 1.82) is 0 Å². The van der Waals surface area contributed by atoms with E-state index in [0.29, 0.717) is 46.3 Å². The van der Waals surface area contributed by atoms with E-state index >= 15 is 0 Å². The highest BCUT2D eigenvalue weighted by molar-refractivity contribution is 9.10. The van der Waals surface area contributed by atoms with Crippen LogP contribution in [-0.4, -0.2) is 37.7 Å². The van der Waals surface area contributed by atoms with Crippen LogP contribution in [0.1, 0.15) is 49.7 Å². The molecule has 0 saturated carbocycles. The number of phenolic OH excluding ortho intramolecular Hbond substituents is 1. The maximum Gasteiger partial charge on any atom is 0.336 e. The normalized spacial score (nSPS) is 19.7. The highest BCUT2D eigenvalue weighted by Crippen LogP contribution is 2.48. The molecule has 0 aromatic heterocycles. The average molecular weight is 542 g/mol. The van der Waals surface area contributed by atoms with Crippen molar-refractivity contribution >= 4 is 27.7 Å². The largest absolute Gasteiger partial charge is 0.503 e. The fraction of sp³-hybridized carbons (Fsp3) is 0.333. The van der Waals surface area contributed by atoms with Crippen LogP contribution in [-0.2, 0) is 14.3 Å². The highest BCUT2D eigenvalue weighted by Gasteiger charge is 2.41. The first-order valence-corrected chi connectivity index (χ1v) is 12.2. The summed E-state index contributed by atoms with van der Waals surface area (Å²) < 4.78 is 16.4. The first-order chi connectivity index (χ1) is 16.8. The van der Waals surface area contributed by atoms with Gasteiger partial charge in [-0.3, -0.25) is 4.79 Å². The van der Waals surface area contributed by atoms with Crippen LogP contribution >= 0.6 is 15.9 Å². The number of esters is 1. The molecule has 0 fully saturated rings. The predicted molar refractivity (Wildman–Crippen MR) is 135 cm³/mol. The van der Waals surface area contributed by atoms with Gasteiger partial charge in [-0.05, 0) is 77.5 Å². The zero-order valence-corrected chi connectivity index (χ0v) is 21.7. The number of halogens is 1. The first kappa shape index (κ1) is 24.9. The smallest absolute Gasteiger partial charge is 0.336 e. The fourth-order valence-corrected chi connectivity index (χ4v) is 5.35. The molecule has 0 spiro atoms. The molecule has 0 bridgehead atoms. The predicted octanol–water partition coefficient (Wildman–Crippen LogP) is 5.10. The fourth-order valence-electron chi connectivity index (χ4n) is 4.89. The van der Waals surface area contributed by atoms with Crippen molar-refractivity contribution in [2.45, 2.75) is 38.5 Å². The van der Waals surface area contributed by atoms with Gasteiger partial charge in [0.05, 0.1) is 30.9 Å². The van der Waals surface area contributed by atoms with E-state index in [-0.39, 0.29) is 23.2 Å².